The Bertz CT molecular complexity index is 909. The Labute approximate surface area is 138 Å². The summed E-state index contributed by atoms with van der Waals surface area (Å²) in [5.41, 5.74) is 2.00. The number of imidazole rings is 1. The van der Waals surface area contributed by atoms with Gasteiger partial charge in [0.15, 0.2) is 0 Å². The second-order valence-electron chi connectivity index (χ2n) is 6.61. The van der Waals surface area contributed by atoms with Crippen LogP contribution in [-0.2, 0) is 12.0 Å². The lowest BCUT2D eigenvalue weighted by Gasteiger charge is -2.13. The summed E-state index contributed by atoms with van der Waals surface area (Å²) in [6, 6.07) is 10.1. The highest BCUT2D eigenvalue weighted by molar-refractivity contribution is 7.20. The van der Waals surface area contributed by atoms with Gasteiger partial charge in [-0.05, 0) is 12.1 Å². The lowest BCUT2D eigenvalue weighted by molar-refractivity contribution is 0.559. The zero-order chi connectivity index (χ0) is 16.0. The molecule has 1 N–H and O–H groups in total. The van der Waals surface area contributed by atoms with Crippen molar-refractivity contribution in [2.75, 3.05) is 5.32 Å². The van der Waals surface area contributed by atoms with E-state index in [4.69, 9.17) is 4.42 Å². The molecule has 0 unspecified atom stereocenters. The number of rotatable bonds is 3. The molecule has 0 saturated carbocycles. The number of hydrogen-bond donors (Lipinski definition) is 1. The van der Waals surface area contributed by atoms with E-state index in [-0.39, 0.29) is 5.41 Å². The molecular formula is C17H18N4OS. The summed E-state index contributed by atoms with van der Waals surface area (Å²) in [7, 11) is 0. The van der Waals surface area contributed by atoms with Gasteiger partial charge in [0.2, 0.25) is 10.1 Å². The summed E-state index contributed by atoms with van der Waals surface area (Å²) in [5, 5.41) is 9.80. The average Bonchev–Trinajstić information content (AvgIpc) is 3.15. The molecule has 0 radical (unpaired) electrons. The van der Waals surface area contributed by atoms with Gasteiger partial charge in [0.1, 0.15) is 11.3 Å². The highest BCUT2D eigenvalue weighted by Crippen LogP contribution is 2.26. The zero-order valence-corrected chi connectivity index (χ0v) is 14.1. The van der Waals surface area contributed by atoms with Crippen molar-refractivity contribution >= 4 is 32.4 Å². The van der Waals surface area contributed by atoms with Crippen molar-refractivity contribution in [3.63, 3.8) is 0 Å². The second-order valence-corrected chi connectivity index (χ2v) is 7.57. The normalized spacial score (nSPS) is 12.3. The van der Waals surface area contributed by atoms with Crippen molar-refractivity contribution in [1.82, 2.24) is 14.6 Å². The highest BCUT2D eigenvalue weighted by Gasteiger charge is 2.19. The van der Waals surface area contributed by atoms with E-state index in [9.17, 15) is 0 Å². The second kappa shape index (κ2) is 5.09. The lowest BCUT2D eigenvalue weighted by atomic mass is 9.93. The average molecular weight is 326 g/mol. The number of fused-ring (bicyclic) bond motifs is 2. The molecule has 0 spiro atoms. The quantitative estimate of drug-likeness (QED) is 0.604. The molecule has 118 valence electrons. The highest BCUT2D eigenvalue weighted by atomic mass is 32.1. The molecule has 0 saturated heterocycles. The first-order valence-corrected chi connectivity index (χ1v) is 8.39. The molecule has 3 aromatic heterocycles. The van der Waals surface area contributed by atoms with Gasteiger partial charge in [-0.15, -0.1) is 5.10 Å². The first-order valence-electron chi connectivity index (χ1n) is 7.57. The number of benzene rings is 1. The predicted octanol–water partition coefficient (Wildman–Crippen LogP) is 4.45. The minimum Gasteiger partial charge on any atom is -0.459 e. The van der Waals surface area contributed by atoms with Crippen LogP contribution in [0.5, 0.6) is 0 Å². The monoisotopic (exact) mass is 326 g/mol. The molecule has 0 fully saturated rings. The fourth-order valence-corrected chi connectivity index (χ4v) is 3.20. The number of nitrogens with one attached hydrogen (secondary N) is 1. The molecular weight excluding hydrogens is 308 g/mol. The van der Waals surface area contributed by atoms with Crippen LogP contribution in [0.2, 0.25) is 0 Å². The molecule has 0 aliphatic rings. The summed E-state index contributed by atoms with van der Waals surface area (Å²) in [4.78, 5) is 5.55. The maximum absolute atomic E-state index is 5.80. The summed E-state index contributed by atoms with van der Waals surface area (Å²) in [5.74, 6) is 0.898. The molecule has 0 bridgehead atoms. The molecule has 6 heteroatoms. The van der Waals surface area contributed by atoms with Crippen molar-refractivity contribution in [2.45, 2.75) is 32.7 Å². The van der Waals surface area contributed by atoms with Crippen LogP contribution in [0.4, 0.5) is 5.13 Å². The van der Waals surface area contributed by atoms with E-state index in [1.807, 2.05) is 35.0 Å². The third kappa shape index (κ3) is 2.70. The van der Waals surface area contributed by atoms with Gasteiger partial charge in [-0.1, -0.05) is 50.3 Å². The Morgan fingerprint density at radius 1 is 1.26 bits per heavy atom. The van der Waals surface area contributed by atoms with E-state index < -0.39 is 0 Å². The summed E-state index contributed by atoms with van der Waals surface area (Å²) in [6.45, 7) is 7.07. The molecule has 0 amide bonds. The molecule has 23 heavy (non-hydrogen) atoms. The van der Waals surface area contributed by atoms with E-state index in [0.29, 0.717) is 6.54 Å². The maximum Gasteiger partial charge on any atom is 0.214 e. The molecule has 0 atom stereocenters. The Kier molecular flexibility index (Phi) is 3.16. The lowest BCUT2D eigenvalue weighted by Crippen LogP contribution is -2.11. The van der Waals surface area contributed by atoms with Gasteiger partial charge in [0.05, 0.1) is 18.4 Å². The van der Waals surface area contributed by atoms with E-state index in [0.717, 1.165) is 32.5 Å². The van der Waals surface area contributed by atoms with Crippen LogP contribution in [-0.4, -0.2) is 14.6 Å². The number of furan rings is 1. The van der Waals surface area contributed by atoms with Crippen LogP contribution in [0.15, 0.2) is 40.9 Å². The number of hydrogen-bond acceptors (Lipinski definition) is 5. The van der Waals surface area contributed by atoms with Crippen molar-refractivity contribution in [1.29, 1.82) is 0 Å². The van der Waals surface area contributed by atoms with Crippen molar-refractivity contribution in [2.24, 2.45) is 0 Å². The number of anilines is 1. The smallest absolute Gasteiger partial charge is 0.214 e. The van der Waals surface area contributed by atoms with Crippen LogP contribution in [0.25, 0.3) is 15.9 Å². The van der Waals surface area contributed by atoms with Gasteiger partial charge < -0.3 is 9.73 Å². The molecule has 3 heterocycles. The van der Waals surface area contributed by atoms with E-state index in [1.54, 1.807) is 11.3 Å². The zero-order valence-electron chi connectivity index (χ0n) is 13.3. The Hall–Kier alpha value is -2.34. The first-order chi connectivity index (χ1) is 11.0. The minimum atomic E-state index is 0.0370. The van der Waals surface area contributed by atoms with Crippen LogP contribution in [0.1, 0.15) is 32.2 Å². The van der Waals surface area contributed by atoms with Gasteiger partial charge in [-0.25, -0.2) is 9.50 Å². The van der Waals surface area contributed by atoms with E-state index in [2.05, 4.69) is 42.2 Å². The molecule has 4 rings (SSSR count). The van der Waals surface area contributed by atoms with Crippen LogP contribution >= 0.6 is 11.3 Å². The minimum absolute atomic E-state index is 0.0370. The third-order valence-corrected chi connectivity index (χ3v) is 4.58. The molecule has 1 aromatic carbocycles. The van der Waals surface area contributed by atoms with Crippen LogP contribution in [0.3, 0.4) is 0 Å². The fourth-order valence-electron chi connectivity index (χ4n) is 2.42. The van der Waals surface area contributed by atoms with Gasteiger partial charge in [0, 0.05) is 10.8 Å². The topological polar surface area (TPSA) is 55.4 Å². The molecule has 0 aliphatic heterocycles. The largest absolute Gasteiger partial charge is 0.459 e. The Morgan fingerprint density at radius 3 is 2.83 bits per heavy atom. The van der Waals surface area contributed by atoms with Gasteiger partial charge in [0.25, 0.3) is 0 Å². The van der Waals surface area contributed by atoms with Crippen molar-refractivity contribution in [3.05, 3.63) is 48.0 Å². The Balaban J connectivity index is 1.52. The van der Waals surface area contributed by atoms with Gasteiger partial charge >= 0.3 is 0 Å². The summed E-state index contributed by atoms with van der Waals surface area (Å²) < 4.78 is 7.64. The first kappa shape index (κ1) is 14.3. The van der Waals surface area contributed by atoms with Crippen LogP contribution < -0.4 is 5.32 Å². The molecule has 0 aliphatic carbocycles. The third-order valence-electron chi connectivity index (χ3n) is 3.70. The number of aromatic nitrogens is 3. The van der Waals surface area contributed by atoms with Crippen molar-refractivity contribution in [3.8, 4) is 0 Å². The van der Waals surface area contributed by atoms with Crippen molar-refractivity contribution < 1.29 is 4.42 Å². The van der Waals surface area contributed by atoms with Crippen LogP contribution in [0, 0.1) is 0 Å². The predicted molar refractivity (Wildman–Crippen MR) is 93.1 cm³/mol. The maximum atomic E-state index is 5.80. The SMILES string of the molecule is CC(C)(C)c1cn2nc(NCc3cc4ccccc4o3)sc2n1. The number of nitrogens with zero attached hydrogens (tertiary/aromatic N) is 3. The summed E-state index contributed by atoms with van der Waals surface area (Å²) in [6.07, 6.45) is 2.00. The van der Waals surface area contributed by atoms with Gasteiger partial charge in [-0.2, -0.15) is 0 Å². The van der Waals surface area contributed by atoms with E-state index in [1.165, 1.54) is 0 Å². The number of para-hydroxylation sites is 1. The standard InChI is InChI=1S/C17H18N4OS/c1-17(2,3)14-10-21-16(19-14)23-15(20-21)18-9-12-8-11-6-4-5-7-13(11)22-12/h4-8,10H,9H2,1-3H3,(H,18,20). The molecule has 5 nitrogen and oxygen atoms in total. The van der Waals surface area contributed by atoms with Gasteiger partial charge in [-0.3, -0.25) is 0 Å². The fraction of sp³-hybridized carbons (Fsp3) is 0.294. The summed E-state index contributed by atoms with van der Waals surface area (Å²) >= 11 is 1.55. The Morgan fingerprint density at radius 2 is 2.09 bits per heavy atom. The molecule has 4 aromatic rings. The van der Waals surface area contributed by atoms with E-state index >= 15 is 0 Å².